The molecule has 1 amide bonds. The number of H-pyrrole nitrogens is 1. The van der Waals surface area contributed by atoms with Crippen LogP contribution in [-0.4, -0.2) is 16.1 Å². The predicted octanol–water partition coefficient (Wildman–Crippen LogP) is 2.55. The summed E-state index contributed by atoms with van der Waals surface area (Å²) in [6, 6.07) is 5.60. The molecule has 0 aliphatic heterocycles. The molecule has 0 bridgehead atoms. The molecule has 2 aromatic rings. The van der Waals surface area contributed by atoms with Crippen molar-refractivity contribution >= 4 is 22.5 Å². The number of aromatic amines is 1. The van der Waals surface area contributed by atoms with Gasteiger partial charge in [-0.1, -0.05) is 13.8 Å². The van der Waals surface area contributed by atoms with Gasteiger partial charge in [0.2, 0.25) is 5.91 Å². The minimum Gasteiger partial charge on any atom is -0.326 e. The van der Waals surface area contributed by atoms with Crippen LogP contribution in [-0.2, 0) is 4.79 Å². The highest BCUT2D eigenvalue weighted by Crippen LogP contribution is 2.16. The van der Waals surface area contributed by atoms with Crippen LogP contribution in [0.5, 0.6) is 0 Å². The van der Waals surface area contributed by atoms with E-state index in [0.29, 0.717) is 0 Å². The van der Waals surface area contributed by atoms with Crippen molar-refractivity contribution in [2.45, 2.75) is 20.8 Å². The van der Waals surface area contributed by atoms with E-state index in [1.165, 1.54) is 6.92 Å². The molecule has 4 nitrogen and oxygen atoms in total. The summed E-state index contributed by atoms with van der Waals surface area (Å²) in [5.74, 6) is -0.0705. The van der Waals surface area contributed by atoms with Crippen LogP contribution in [0.3, 0.4) is 0 Å². The second kappa shape index (κ2) is 5.14. The lowest BCUT2D eigenvalue weighted by Gasteiger charge is -2.00. The molecule has 15 heavy (non-hydrogen) atoms. The highest BCUT2D eigenvalue weighted by atomic mass is 16.1. The van der Waals surface area contributed by atoms with Gasteiger partial charge in [-0.05, 0) is 18.2 Å². The van der Waals surface area contributed by atoms with Crippen LogP contribution in [0.4, 0.5) is 5.69 Å². The number of hydrogen-bond acceptors (Lipinski definition) is 2. The normalized spacial score (nSPS) is 9.27. The first kappa shape index (κ1) is 11.2. The Bertz CT molecular complexity index is 448. The standard InChI is InChI=1S/C9H9N3O.C2H6/c1-6(13)11-8-3-2-7-5-10-12-9(7)4-8;1-2/h2-5H,1H3,(H,10,12)(H,11,13);1-2H3. The van der Waals surface area contributed by atoms with Gasteiger partial charge in [-0.15, -0.1) is 0 Å². The topological polar surface area (TPSA) is 57.8 Å². The molecule has 2 rings (SSSR count). The summed E-state index contributed by atoms with van der Waals surface area (Å²) in [6.45, 7) is 5.48. The zero-order valence-electron chi connectivity index (χ0n) is 9.16. The number of fused-ring (bicyclic) bond motifs is 1. The van der Waals surface area contributed by atoms with Crippen molar-refractivity contribution in [3.63, 3.8) is 0 Å². The van der Waals surface area contributed by atoms with Crippen molar-refractivity contribution in [2.75, 3.05) is 5.32 Å². The van der Waals surface area contributed by atoms with Crippen LogP contribution >= 0.6 is 0 Å². The minimum absolute atomic E-state index is 0.0705. The number of amides is 1. The van der Waals surface area contributed by atoms with Crippen LogP contribution < -0.4 is 5.32 Å². The van der Waals surface area contributed by atoms with Gasteiger partial charge < -0.3 is 5.32 Å². The monoisotopic (exact) mass is 205 g/mol. The van der Waals surface area contributed by atoms with Crippen LogP contribution in [0.1, 0.15) is 20.8 Å². The molecule has 1 heterocycles. The average Bonchev–Trinajstić information content (AvgIpc) is 2.67. The second-order valence-corrected chi connectivity index (χ2v) is 2.85. The lowest BCUT2D eigenvalue weighted by atomic mass is 10.2. The SMILES string of the molecule is CC.CC(=O)Nc1ccc2cn[nH]c2c1. The molecule has 0 radical (unpaired) electrons. The van der Waals surface area contributed by atoms with Crippen LogP contribution in [0.2, 0.25) is 0 Å². The fourth-order valence-electron chi connectivity index (χ4n) is 1.22. The second-order valence-electron chi connectivity index (χ2n) is 2.85. The first-order valence-electron chi connectivity index (χ1n) is 4.96. The molecule has 2 N–H and O–H groups in total. The van der Waals surface area contributed by atoms with Gasteiger partial charge in [0, 0.05) is 18.0 Å². The van der Waals surface area contributed by atoms with E-state index in [0.717, 1.165) is 16.6 Å². The van der Waals surface area contributed by atoms with E-state index in [2.05, 4.69) is 15.5 Å². The van der Waals surface area contributed by atoms with Crippen LogP contribution in [0.15, 0.2) is 24.4 Å². The summed E-state index contributed by atoms with van der Waals surface area (Å²) in [6.07, 6.45) is 1.74. The molecule has 80 valence electrons. The smallest absolute Gasteiger partial charge is 0.221 e. The zero-order chi connectivity index (χ0) is 11.3. The van der Waals surface area contributed by atoms with E-state index >= 15 is 0 Å². The number of carbonyl (C=O) groups is 1. The molecule has 1 aromatic carbocycles. The van der Waals surface area contributed by atoms with Gasteiger partial charge in [-0.3, -0.25) is 9.89 Å². The highest BCUT2D eigenvalue weighted by molar-refractivity contribution is 5.91. The number of benzene rings is 1. The number of nitrogens with zero attached hydrogens (tertiary/aromatic N) is 1. The maximum Gasteiger partial charge on any atom is 0.221 e. The third kappa shape index (κ3) is 2.80. The van der Waals surface area contributed by atoms with Gasteiger partial charge in [-0.25, -0.2) is 0 Å². The molecule has 0 saturated heterocycles. The molecule has 0 aliphatic carbocycles. The summed E-state index contributed by atoms with van der Waals surface area (Å²) in [5.41, 5.74) is 1.70. The third-order valence-electron chi connectivity index (χ3n) is 1.76. The van der Waals surface area contributed by atoms with E-state index in [4.69, 9.17) is 0 Å². The molecule has 0 unspecified atom stereocenters. The predicted molar refractivity (Wildman–Crippen MR) is 61.7 cm³/mol. The van der Waals surface area contributed by atoms with Crippen molar-refractivity contribution in [3.8, 4) is 0 Å². The fourth-order valence-corrected chi connectivity index (χ4v) is 1.22. The number of rotatable bonds is 1. The lowest BCUT2D eigenvalue weighted by molar-refractivity contribution is -0.114. The Balaban J connectivity index is 0.000000531. The molecular weight excluding hydrogens is 190 g/mol. The fraction of sp³-hybridized carbons (Fsp3) is 0.273. The molecule has 0 aliphatic rings. The summed E-state index contributed by atoms with van der Waals surface area (Å²) in [7, 11) is 0. The van der Waals surface area contributed by atoms with E-state index in [1.807, 2.05) is 32.0 Å². The lowest BCUT2D eigenvalue weighted by Crippen LogP contribution is -2.05. The molecule has 1 aromatic heterocycles. The number of aromatic nitrogens is 2. The Morgan fingerprint density at radius 3 is 2.80 bits per heavy atom. The Kier molecular flexibility index (Phi) is 3.85. The first-order chi connectivity index (χ1) is 7.25. The van der Waals surface area contributed by atoms with Gasteiger partial charge in [0.25, 0.3) is 0 Å². The summed E-state index contributed by atoms with van der Waals surface area (Å²) >= 11 is 0. The molecule has 4 heteroatoms. The maximum absolute atomic E-state index is 10.8. The van der Waals surface area contributed by atoms with Gasteiger partial charge in [0.15, 0.2) is 0 Å². The van der Waals surface area contributed by atoms with Gasteiger partial charge in [-0.2, -0.15) is 5.10 Å². The summed E-state index contributed by atoms with van der Waals surface area (Å²) < 4.78 is 0. The molecule has 0 saturated carbocycles. The van der Waals surface area contributed by atoms with Gasteiger partial charge in [0.05, 0.1) is 11.7 Å². The average molecular weight is 205 g/mol. The van der Waals surface area contributed by atoms with Crippen molar-refractivity contribution in [3.05, 3.63) is 24.4 Å². The Hall–Kier alpha value is -1.84. The number of hydrogen-bond donors (Lipinski definition) is 2. The summed E-state index contributed by atoms with van der Waals surface area (Å²) in [4.78, 5) is 10.8. The Labute approximate surface area is 88.7 Å². The van der Waals surface area contributed by atoms with E-state index in [-0.39, 0.29) is 5.91 Å². The molecule has 0 atom stereocenters. The Morgan fingerprint density at radius 1 is 1.40 bits per heavy atom. The largest absolute Gasteiger partial charge is 0.326 e. The maximum atomic E-state index is 10.8. The van der Waals surface area contributed by atoms with Crippen molar-refractivity contribution in [2.24, 2.45) is 0 Å². The van der Waals surface area contributed by atoms with E-state index < -0.39 is 0 Å². The molecular formula is C11H15N3O. The highest BCUT2D eigenvalue weighted by Gasteiger charge is 1.98. The molecule has 0 spiro atoms. The minimum atomic E-state index is -0.0705. The Morgan fingerprint density at radius 2 is 2.13 bits per heavy atom. The van der Waals surface area contributed by atoms with Crippen LogP contribution in [0, 0.1) is 0 Å². The number of carbonyl (C=O) groups excluding carboxylic acids is 1. The van der Waals surface area contributed by atoms with Gasteiger partial charge in [0.1, 0.15) is 0 Å². The van der Waals surface area contributed by atoms with Crippen LogP contribution in [0.25, 0.3) is 10.9 Å². The van der Waals surface area contributed by atoms with Crippen molar-refractivity contribution in [1.29, 1.82) is 0 Å². The quantitative estimate of drug-likeness (QED) is 0.751. The van der Waals surface area contributed by atoms with Crippen molar-refractivity contribution in [1.82, 2.24) is 10.2 Å². The van der Waals surface area contributed by atoms with Gasteiger partial charge >= 0.3 is 0 Å². The third-order valence-corrected chi connectivity index (χ3v) is 1.76. The number of nitrogens with one attached hydrogen (secondary N) is 2. The van der Waals surface area contributed by atoms with Crippen molar-refractivity contribution < 1.29 is 4.79 Å². The first-order valence-corrected chi connectivity index (χ1v) is 4.96. The number of anilines is 1. The summed E-state index contributed by atoms with van der Waals surface area (Å²) in [5, 5.41) is 10.5. The van der Waals surface area contributed by atoms with E-state index in [9.17, 15) is 4.79 Å². The van der Waals surface area contributed by atoms with E-state index in [1.54, 1.807) is 6.20 Å². The zero-order valence-corrected chi connectivity index (χ0v) is 9.16. The molecule has 0 fully saturated rings.